The Kier molecular flexibility index (Phi) is 4.88. The first-order chi connectivity index (χ1) is 13.4. The van der Waals surface area contributed by atoms with Crippen LogP contribution >= 0.6 is 11.3 Å². The maximum Gasteiger partial charge on any atom is 0.120 e. The molecule has 28 heavy (non-hydrogen) atoms. The van der Waals surface area contributed by atoms with Crippen LogP contribution in [0.2, 0.25) is 0 Å². The van der Waals surface area contributed by atoms with Gasteiger partial charge in [0.2, 0.25) is 0 Å². The summed E-state index contributed by atoms with van der Waals surface area (Å²) in [5, 5.41) is 4.82. The van der Waals surface area contributed by atoms with Crippen LogP contribution in [0.5, 0.6) is 0 Å². The molecule has 144 valence electrons. The van der Waals surface area contributed by atoms with Crippen molar-refractivity contribution in [2.45, 2.75) is 52.0 Å². The maximum absolute atomic E-state index is 4.82. The molecule has 1 aromatic heterocycles. The topological polar surface area (TPSA) is 24.9 Å². The molecule has 0 bridgehead atoms. The van der Waals surface area contributed by atoms with Crippen LogP contribution in [0.15, 0.2) is 49.1 Å². The number of thiazole rings is 1. The number of anilines is 1. The van der Waals surface area contributed by atoms with Crippen LogP contribution in [0.4, 0.5) is 5.69 Å². The predicted octanol–water partition coefficient (Wildman–Crippen LogP) is 7.28. The Labute approximate surface area is 172 Å². The lowest BCUT2D eigenvalue weighted by atomic mass is 9.80. The number of nitrogens with one attached hydrogen (secondary N) is 1. The Hall–Kier alpha value is -2.39. The van der Waals surface area contributed by atoms with Crippen molar-refractivity contribution in [2.24, 2.45) is 0 Å². The minimum atomic E-state index is 0.131. The predicted molar refractivity (Wildman–Crippen MR) is 124 cm³/mol. The summed E-state index contributed by atoms with van der Waals surface area (Å²) in [6.07, 6.45) is 6.29. The number of allylic oxidation sites excluding steroid dienone is 2. The first kappa shape index (κ1) is 18.9. The molecule has 3 aromatic rings. The van der Waals surface area contributed by atoms with Gasteiger partial charge in [-0.15, -0.1) is 17.9 Å². The van der Waals surface area contributed by atoms with Crippen LogP contribution < -0.4 is 5.32 Å². The first-order valence-electron chi connectivity index (χ1n) is 9.96. The summed E-state index contributed by atoms with van der Waals surface area (Å²) in [5.41, 5.74) is 7.70. The molecule has 1 unspecified atom stereocenters. The molecule has 2 heterocycles. The third-order valence-electron chi connectivity index (χ3n) is 5.50. The van der Waals surface area contributed by atoms with Crippen LogP contribution in [0.1, 0.15) is 61.7 Å². The molecular formula is C25H28N2S. The highest BCUT2D eigenvalue weighted by Gasteiger charge is 2.29. The van der Waals surface area contributed by atoms with E-state index in [0.717, 1.165) is 23.4 Å². The van der Waals surface area contributed by atoms with Crippen LogP contribution in [0.25, 0.3) is 21.9 Å². The van der Waals surface area contributed by atoms with E-state index in [1.54, 1.807) is 11.3 Å². The molecule has 0 aliphatic carbocycles. The van der Waals surface area contributed by atoms with Crippen molar-refractivity contribution in [1.29, 1.82) is 0 Å². The average molecular weight is 389 g/mol. The molecular weight excluding hydrogens is 360 g/mol. The Morgan fingerprint density at radius 2 is 2.11 bits per heavy atom. The van der Waals surface area contributed by atoms with Gasteiger partial charge in [0, 0.05) is 11.2 Å². The molecule has 4 rings (SSSR count). The number of rotatable bonds is 4. The maximum atomic E-state index is 4.82. The Balaban J connectivity index is 1.78. The molecule has 1 aliphatic heterocycles. The minimum absolute atomic E-state index is 0.131. The summed E-state index contributed by atoms with van der Waals surface area (Å²) < 4.78 is 1.24. The van der Waals surface area contributed by atoms with Crippen molar-refractivity contribution in [3.8, 4) is 0 Å². The first-order valence-corrected chi connectivity index (χ1v) is 10.8. The quantitative estimate of drug-likeness (QED) is 0.475. The summed E-state index contributed by atoms with van der Waals surface area (Å²) in [7, 11) is 0. The van der Waals surface area contributed by atoms with Crippen LogP contribution in [-0.4, -0.2) is 10.5 Å². The molecule has 1 atom stereocenters. The summed E-state index contributed by atoms with van der Waals surface area (Å²) >= 11 is 1.76. The second kappa shape index (κ2) is 7.21. The van der Waals surface area contributed by atoms with Gasteiger partial charge < -0.3 is 5.32 Å². The molecule has 0 amide bonds. The lowest BCUT2D eigenvalue weighted by Gasteiger charge is -2.38. The van der Waals surface area contributed by atoms with E-state index in [1.807, 2.05) is 12.1 Å². The molecule has 0 saturated heterocycles. The van der Waals surface area contributed by atoms with Gasteiger partial charge in [-0.3, -0.25) is 0 Å². The Morgan fingerprint density at radius 1 is 1.32 bits per heavy atom. The van der Waals surface area contributed by atoms with Gasteiger partial charge in [-0.25, -0.2) is 4.98 Å². The van der Waals surface area contributed by atoms with E-state index in [0.29, 0.717) is 5.92 Å². The van der Waals surface area contributed by atoms with Gasteiger partial charge in [-0.2, -0.15) is 0 Å². The molecule has 0 radical (unpaired) electrons. The molecule has 3 heteroatoms. The lowest BCUT2D eigenvalue weighted by molar-refractivity contribution is 0.454. The van der Waals surface area contributed by atoms with Gasteiger partial charge in [0.15, 0.2) is 0 Å². The van der Waals surface area contributed by atoms with Crippen molar-refractivity contribution in [2.75, 3.05) is 5.32 Å². The monoisotopic (exact) mass is 388 g/mol. The van der Waals surface area contributed by atoms with Crippen molar-refractivity contribution >= 4 is 38.9 Å². The standard InChI is InChI=1S/C25H28N2S/c1-6-9-18-14-22-20(17(3)15-25(4,5)27-22)13-19(18)12-16(2)24-26-21-10-7-8-11-23(21)28-24/h6-8,10-14,17,27H,1,9,15H2,2-5H3/b16-12+. The fourth-order valence-corrected chi connectivity index (χ4v) is 5.23. The average Bonchev–Trinajstić information content (AvgIpc) is 3.06. The van der Waals surface area contributed by atoms with Crippen molar-refractivity contribution < 1.29 is 0 Å². The van der Waals surface area contributed by atoms with E-state index < -0.39 is 0 Å². The second-order valence-electron chi connectivity index (χ2n) is 8.56. The van der Waals surface area contributed by atoms with Crippen LogP contribution in [0, 0.1) is 0 Å². The van der Waals surface area contributed by atoms with E-state index in [4.69, 9.17) is 4.98 Å². The van der Waals surface area contributed by atoms with Gasteiger partial charge in [0.05, 0.1) is 10.2 Å². The van der Waals surface area contributed by atoms with Crippen molar-refractivity contribution in [3.63, 3.8) is 0 Å². The fourth-order valence-electron chi connectivity index (χ4n) is 4.29. The minimum Gasteiger partial charge on any atom is -0.380 e. The molecule has 1 N–H and O–H groups in total. The SMILES string of the molecule is C=CCc1cc2c(cc1/C=C(\C)c1nc3ccccc3s1)C(C)CC(C)(C)N2. The van der Waals surface area contributed by atoms with Gasteiger partial charge in [0.25, 0.3) is 0 Å². The van der Waals surface area contributed by atoms with E-state index >= 15 is 0 Å². The van der Waals surface area contributed by atoms with E-state index in [2.05, 4.69) is 76.0 Å². The molecule has 0 spiro atoms. The number of fused-ring (bicyclic) bond motifs is 2. The zero-order valence-electron chi connectivity index (χ0n) is 17.2. The summed E-state index contributed by atoms with van der Waals surface area (Å²) in [6, 6.07) is 13.0. The van der Waals surface area contributed by atoms with Crippen LogP contribution in [0.3, 0.4) is 0 Å². The van der Waals surface area contributed by atoms with E-state index in [9.17, 15) is 0 Å². The lowest BCUT2D eigenvalue weighted by Crippen LogP contribution is -2.36. The number of nitrogens with zero attached hydrogens (tertiary/aromatic N) is 1. The third-order valence-corrected chi connectivity index (χ3v) is 6.67. The highest BCUT2D eigenvalue weighted by molar-refractivity contribution is 7.19. The highest BCUT2D eigenvalue weighted by Crippen LogP contribution is 2.41. The van der Waals surface area contributed by atoms with E-state index in [-0.39, 0.29) is 5.54 Å². The molecule has 2 nitrogen and oxygen atoms in total. The molecule has 0 fully saturated rings. The number of aromatic nitrogens is 1. The fraction of sp³-hybridized carbons (Fsp3) is 0.320. The summed E-state index contributed by atoms with van der Waals surface area (Å²) in [5.74, 6) is 0.541. The van der Waals surface area contributed by atoms with Crippen molar-refractivity contribution in [3.05, 3.63) is 70.8 Å². The molecule has 1 aliphatic rings. The number of para-hydroxylation sites is 1. The van der Waals surface area contributed by atoms with Crippen LogP contribution in [-0.2, 0) is 6.42 Å². The normalized spacial score (nSPS) is 18.6. The molecule has 0 saturated carbocycles. The summed E-state index contributed by atoms with van der Waals surface area (Å²) in [6.45, 7) is 13.0. The zero-order chi connectivity index (χ0) is 19.9. The zero-order valence-corrected chi connectivity index (χ0v) is 18.0. The van der Waals surface area contributed by atoms with Gasteiger partial charge in [0.1, 0.15) is 5.01 Å². The third kappa shape index (κ3) is 3.64. The number of hydrogen-bond acceptors (Lipinski definition) is 3. The Bertz CT molecular complexity index is 1040. The second-order valence-corrected chi connectivity index (χ2v) is 9.59. The van der Waals surface area contributed by atoms with Gasteiger partial charge in [-0.05, 0) is 92.1 Å². The largest absolute Gasteiger partial charge is 0.380 e. The molecule has 2 aromatic carbocycles. The van der Waals surface area contributed by atoms with Gasteiger partial charge >= 0.3 is 0 Å². The number of hydrogen-bond donors (Lipinski definition) is 1. The highest BCUT2D eigenvalue weighted by atomic mass is 32.1. The van der Waals surface area contributed by atoms with Crippen molar-refractivity contribution in [1.82, 2.24) is 4.98 Å². The number of benzene rings is 2. The summed E-state index contributed by atoms with van der Waals surface area (Å²) in [4.78, 5) is 4.82. The van der Waals surface area contributed by atoms with Gasteiger partial charge in [-0.1, -0.05) is 25.1 Å². The smallest absolute Gasteiger partial charge is 0.120 e. The van der Waals surface area contributed by atoms with E-state index in [1.165, 1.54) is 32.7 Å². The Morgan fingerprint density at radius 3 is 2.86 bits per heavy atom.